The molecule has 1 atom stereocenters. The molecule has 1 spiro atoms. The van der Waals surface area contributed by atoms with E-state index in [-0.39, 0.29) is 30.3 Å². The van der Waals surface area contributed by atoms with E-state index in [2.05, 4.69) is 0 Å². The molecule has 0 saturated heterocycles. The third kappa shape index (κ3) is 2.87. The van der Waals surface area contributed by atoms with E-state index in [1.165, 1.54) is 0 Å². The van der Waals surface area contributed by atoms with Gasteiger partial charge in [0.1, 0.15) is 5.78 Å². The Kier molecular flexibility index (Phi) is 3.99. The van der Waals surface area contributed by atoms with Gasteiger partial charge in [0.2, 0.25) is 0 Å². The van der Waals surface area contributed by atoms with Crippen molar-refractivity contribution in [1.29, 1.82) is 0 Å². The van der Waals surface area contributed by atoms with Crippen molar-refractivity contribution in [3.63, 3.8) is 0 Å². The van der Waals surface area contributed by atoms with Crippen molar-refractivity contribution in [2.24, 2.45) is 5.41 Å². The van der Waals surface area contributed by atoms with E-state index in [0.717, 1.165) is 32.1 Å². The topological polar surface area (TPSA) is 26.3 Å². The Morgan fingerprint density at radius 2 is 1.89 bits per heavy atom. The minimum atomic E-state index is -4.11. The lowest BCUT2D eigenvalue weighted by Crippen LogP contribution is -2.56. The molecule has 0 amide bonds. The van der Waals surface area contributed by atoms with E-state index >= 15 is 0 Å². The smallest absolute Gasteiger partial charge is 0.377 e. The first-order chi connectivity index (χ1) is 8.44. The van der Waals surface area contributed by atoms with Gasteiger partial charge in [-0.1, -0.05) is 19.3 Å². The highest BCUT2D eigenvalue weighted by molar-refractivity contribution is 5.92. The van der Waals surface area contributed by atoms with Gasteiger partial charge in [-0.05, 0) is 19.3 Å². The van der Waals surface area contributed by atoms with Crippen LogP contribution < -0.4 is 0 Å². The maximum atomic E-state index is 12.0. The lowest BCUT2D eigenvalue weighted by Gasteiger charge is -2.49. The predicted molar refractivity (Wildman–Crippen MR) is 60.2 cm³/mol. The normalized spacial score (nSPS) is 27.3. The van der Waals surface area contributed by atoms with Crippen LogP contribution in [0.3, 0.4) is 0 Å². The van der Waals surface area contributed by atoms with Crippen molar-refractivity contribution in [3.05, 3.63) is 0 Å². The molecule has 0 aliphatic heterocycles. The molecule has 1 unspecified atom stereocenters. The highest BCUT2D eigenvalue weighted by atomic mass is 19.4. The number of carbonyl (C=O) groups is 1. The number of halogens is 3. The van der Waals surface area contributed by atoms with Crippen LogP contribution in [0.4, 0.5) is 13.2 Å². The van der Waals surface area contributed by atoms with E-state index in [1.807, 2.05) is 0 Å². The first-order valence-electron chi connectivity index (χ1n) is 6.66. The summed E-state index contributed by atoms with van der Waals surface area (Å²) in [6.07, 6.45) is 0.278. The zero-order valence-corrected chi connectivity index (χ0v) is 10.4. The van der Waals surface area contributed by atoms with Gasteiger partial charge in [-0.25, -0.2) is 0 Å². The van der Waals surface area contributed by atoms with Crippen LogP contribution in [-0.4, -0.2) is 24.7 Å². The maximum absolute atomic E-state index is 12.0. The summed E-state index contributed by atoms with van der Waals surface area (Å²) in [7, 11) is 0. The molecule has 104 valence electrons. The van der Waals surface area contributed by atoms with E-state index in [9.17, 15) is 18.0 Å². The molecule has 0 radical (unpaired) electrons. The second kappa shape index (κ2) is 5.19. The largest absolute Gasteiger partial charge is 0.389 e. The van der Waals surface area contributed by atoms with Crippen molar-refractivity contribution in [1.82, 2.24) is 0 Å². The molecular weight excluding hydrogens is 245 g/mol. The first kappa shape index (κ1) is 13.8. The minimum Gasteiger partial charge on any atom is -0.377 e. The van der Waals surface area contributed by atoms with Gasteiger partial charge < -0.3 is 4.74 Å². The van der Waals surface area contributed by atoms with Gasteiger partial charge in [-0.3, -0.25) is 4.79 Å². The number of rotatable bonds is 4. The molecular formula is C13H19F3O2. The van der Waals surface area contributed by atoms with Crippen LogP contribution in [-0.2, 0) is 9.53 Å². The molecule has 2 aliphatic carbocycles. The van der Waals surface area contributed by atoms with Gasteiger partial charge >= 0.3 is 6.18 Å². The summed E-state index contributed by atoms with van der Waals surface area (Å²) in [4.78, 5) is 11.7. The molecule has 5 heteroatoms. The average molecular weight is 264 g/mol. The number of hydrogen-bond acceptors (Lipinski definition) is 2. The predicted octanol–water partition coefficient (Wildman–Crippen LogP) is 3.64. The quantitative estimate of drug-likeness (QED) is 0.725. The molecule has 2 saturated carbocycles. The first-order valence-corrected chi connectivity index (χ1v) is 6.66. The molecule has 0 aromatic carbocycles. The monoisotopic (exact) mass is 264 g/mol. The molecule has 0 N–H and O–H groups in total. The van der Waals surface area contributed by atoms with Gasteiger partial charge in [-0.2, -0.15) is 13.2 Å². The average Bonchev–Trinajstić information content (AvgIpc) is 2.33. The number of Topliss-reactive ketones (excluding diaryl/α,β-unsaturated/α-hetero) is 1. The lowest BCUT2D eigenvalue weighted by molar-refractivity contribution is -0.172. The molecule has 2 nitrogen and oxygen atoms in total. The molecule has 2 fully saturated rings. The third-order valence-corrected chi connectivity index (χ3v) is 4.21. The zero-order valence-electron chi connectivity index (χ0n) is 10.4. The van der Waals surface area contributed by atoms with Gasteiger partial charge in [-0.15, -0.1) is 0 Å². The van der Waals surface area contributed by atoms with Crippen LogP contribution in [0.25, 0.3) is 0 Å². The van der Waals surface area contributed by atoms with Crippen LogP contribution in [0.15, 0.2) is 0 Å². The molecule has 0 bridgehead atoms. The summed E-state index contributed by atoms with van der Waals surface area (Å²) in [5, 5.41) is 0. The third-order valence-electron chi connectivity index (χ3n) is 4.21. The van der Waals surface area contributed by atoms with Gasteiger partial charge in [0.05, 0.1) is 11.5 Å². The van der Waals surface area contributed by atoms with E-state index in [0.29, 0.717) is 6.42 Å². The van der Waals surface area contributed by atoms with Crippen LogP contribution in [0, 0.1) is 5.41 Å². The molecule has 18 heavy (non-hydrogen) atoms. The van der Waals surface area contributed by atoms with Crippen molar-refractivity contribution in [3.8, 4) is 0 Å². The van der Waals surface area contributed by atoms with Gasteiger partial charge in [0.25, 0.3) is 0 Å². The lowest BCUT2D eigenvalue weighted by atomic mass is 9.57. The summed E-state index contributed by atoms with van der Waals surface area (Å²) in [5.74, 6) is 0.253. The summed E-state index contributed by atoms with van der Waals surface area (Å²) in [5.41, 5.74) is -0.337. The summed E-state index contributed by atoms with van der Waals surface area (Å²) >= 11 is 0. The Morgan fingerprint density at radius 1 is 1.22 bits per heavy atom. The Morgan fingerprint density at radius 3 is 2.44 bits per heavy atom. The van der Waals surface area contributed by atoms with Crippen LogP contribution in [0.5, 0.6) is 0 Å². The van der Waals surface area contributed by atoms with Crippen LogP contribution >= 0.6 is 0 Å². The zero-order chi connectivity index (χ0) is 13.2. The molecule has 0 heterocycles. The standard InChI is InChI=1S/C13H19F3O2/c14-13(15,16)7-4-8-18-11-9-10(17)12(11)5-2-1-3-6-12/h11H,1-9H2. The van der Waals surface area contributed by atoms with E-state index < -0.39 is 12.6 Å². The second-order valence-electron chi connectivity index (χ2n) is 5.42. The number of carbonyl (C=O) groups excluding carboxylic acids is 1. The Balaban J connectivity index is 1.75. The van der Waals surface area contributed by atoms with E-state index in [1.54, 1.807) is 0 Å². The fourth-order valence-electron chi connectivity index (χ4n) is 3.12. The fraction of sp³-hybridized carbons (Fsp3) is 0.923. The Hall–Kier alpha value is -0.580. The number of ether oxygens (including phenoxy) is 1. The molecule has 0 aromatic rings. The van der Waals surface area contributed by atoms with Crippen molar-refractivity contribution in [2.75, 3.05) is 6.61 Å². The van der Waals surface area contributed by atoms with Crippen LogP contribution in [0.1, 0.15) is 51.4 Å². The highest BCUT2D eigenvalue weighted by Crippen LogP contribution is 2.50. The Labute approximate surface area is 105 Å². The number of alkyl halides is 3. The van der Waals surface area contributed by atoms with Crippen LogP contribution in [0.2, 0.25) is 0 Å². The minimum absolute atomic E-state index is 0.00965. The Bertz CT molecular complexity index is 306. The number of hydrogen-bond donors (Lipinski definition) is 0. The molecule has 0 aromatic heterocycles. The van der Waals surface area contributed by atoms with Crippen molar-refractivity contribution in [2.45, 2.75) is 63.6 Å². The van der Waals surface area contributed by atoms with Crippen molar-refractivity contribution < 1.29 is 22.7 Å². The van der Waals surface area contributed by atoms with Gasteiger partial charge in [0.15, 0.2) is 0 Å². The summed E-state index contributed by atoms with van der Waals surface area (Å²) in [6, 6.07) is 0. The van der Waals surface area contributed by atoms with Gasteiger partial charge in [0, 0.05) is 19.4 Å². The van der Waals surface area contributed by atoms with E-state index in [4.69, 9.17) is 4.74 Å². The molecule has 2 rings (SSSR count). The SMILES string of the molecule is O=C1CC(OCCCC(F)(F)F)C12CCCCC2. The second-order valence-corrected chi connectivity index (χ2v) is 5.42. The van der Waals surface area contributed by atoms with Crippen molar-refractivity contribution >= 4 is 5.78 Å². The maximum Gasteiger partial charge on any atom is 0.389 e. The highest BCUT2D eigenvalue weighted by Gasteiger charge is 2.55. The molecule has 2 aliphatic rings. The summed E-state index contributed by atoms with van der Waals surface area (Å²) < 4.78 is 41.4. The number of ketones is 1. The summed E-state index contributed by atoms with van der Waals surface area (Å²) in [6.45, 7) is 0.110. The fourth-order valence-corrected chi connectivity index (χ4v) is 3.12.